The van der Waals surface area contributed by atoms with E-state index in [1.165, 1.54) is 17.8 Å². The van der Waals surface area contributed by atoms with Crippen LogP contribution in [0.5, 0.6) is 0 Å². The van der Waals surface area contributed by atoms with Gasteiger partial charge >= 0.3 is 0 Å². The van der Waals surface area contributed by atoms with E-state index in [9.17, 15) is 4.79 Å². The Labute approximate surface area is 104 Å². The molecule has 5 heteroatoms. The zero-order valence-corrected chi connectivity index (χ0v) is 10.7. The summed E-state index contributed by atoms with van der Waals surface area (Å²) in [5.74, 6) is 0.629. The van der Waals surface area contributed by atoms with Crippen LogP contribution in [0.1, 0.15) is 30.0 Å². The van der Waals surface area contributed by atoms with E-state index in [2.05, 4.69) is 4.98 Å². The predicted octanol–water partition coefficient (Wildman–Crippen LogP) is 2.44. The van der Waals surface area contributed by atoms with Gasteiger partial charge in [0.05, 0.1) is 18.0 Å². The van der Waals surface area contributed by atoms with Crippen LogP contribution in [0.25, 0.3) is 0 Å². The number of nitrogens with zero attached hydrogens (tertiary/aromatic N) is 2. The number of alkyl halides is 1. The quantitative estimate of drug-likeness (QED) is 0.781. The Morgan fingerprint density at radius 3 is 2.81 bits per heavy atom. The van der Waals surface area contributed by atoms with E-state index in [4.69, 9.17) is 11.6 Å². The number of hydrogen-bond donors (Lipinski definition) is 0. The molecule has 2 heterocycles. The first kappa shape index (κ1) is 11.9. The Bertz CT molecular complexity index is 361. The van der Waals surface area contributed by atoms with Gasteiger partial charge in [0.1, 0.15) is 5.01 Å². The molecule has 88 valence electrons. The van der Waals surface area contributed by atoms with E-state index in [1.807, 2.05) is 10.3 Å². The van der Waals surface area contributed by atoms with E-state index in [0.717, 1.165) is 36.6 Å². The fourth-order valence-corrected chi connectivity index (χ4v) is 2.89. The van der Waals surface area contributed by atoms with Crippen molar-refractivity contribution in [3.8, 4) is 0 Å². The van der Waals surface area contributed by atoms with Gasteiger partial charge in [-0.05, 0) is 19.3 Å². The van der Waals surface area contributed by atoms with Crippen molar-refractivity contribution < 1.29 is 4.79 Å². The normalized spacial score (nSPS) is 16.4. The van der Waals surface area contributed by atoms with Crippen molar-refractivity contribution in [2.24, 2.45) is 0 Å². The van der Waals surface area contributed by atoms with Crippen molar-refractivity contribution in [3.05, 3.63) is 16.1 Å². The van der Waals surface area contributed by atoms with E-state index in [-0.39, 0.29) is 5.91 Å². The van der Waals surface area contributed by atoms with Gasteiger partial charge in [0.2, 0.25) is 5.91 Å². The third-order valence-electron chi connectivity index (χ3n) is 2.75. The molecular weight excluding hydrogens is 244 g/mol. The standard InChI is InChI=1S/C11H15ClN2OS/c12-7-9-8-16-10(13-9)6-11(15)14-4-2-1-3-5-14/h8H,1-7H2. The summed E-state index contributed by atoms with van der Waals surface area (Å²) < 4.78 is 0. The molecule has 1 fully saturated rings. The molecule has 0 aromatic carbocycles. The largest absolute Gasteiger partial charge is 0.342 e. The highest BCUT2D eigenvalue weighted by molar-refractivity contribution is 7.09. The van der Waals surface area contributed by atoms with Gasteiger partial charge in [-0.3, -0.25) is 4.79 Å². The van der Waals surface area contributed by atoms with Crippen LogP contribution in [-0.4, -0.2) is 28.9 Å². The summed E-state index contributed by atoms with van der Waals surface area (Å²) in [4.78, 5) is 18.2. The lowest BCUT2D eigenvalue weighted by molar-refractivity contribution is -0.131. The number of aromatic nitrogens is 1. The fourth-order valence-electron chi connectivity index (χ4n) is 1.88. The van der Waals surface area contributed by atoms with Crippen molar-refractivity contribution in [2.75, 3.05) is 13.1 Å². The van der Waals surface area contributed by atoms with E-state index >= 15 is 0 Å². The number of likely N-dealkylation sites (tertiary alicyclic amines) is 1. The number of carbonyl (C=O) groups excluding carboxylic acids is 1. The molecule has 1 aromatic rings. The smallest absolute Gasteiger partial charge is 0.229 e. The van der Waals surface area contributed by atoms with Crippen LogP contribution < -0.4 is 0 Å². The molecule has 3 nitrogen and oxygen atoms in total. The van der Waals surface area contributed by atoms with Gasteiger partial charge in [-0.2, -0.15) is 0 Å². The molecule has 1 amide bonds. The number of thiazole rings is 1. The van der Waals surface area contributed by atoms with E-state index < -0.39 is 0 Å². The first-order valence-electron chi connectivity index (χ1n) is 5.56. The maximum absolute atomic E-state index is 11.9. The molecule has 1 aromatic heterocycles. The summed E-state index contributed by atoms with van der Waals surface area (Å²) >= 11 is 7.20. The molecule has 0 spiro atoms. The monoisotopic (exact) mass is 258 g/mol. The zero-order chi connectivity index (χ0) is 11.4. The Kier molecular flexibility index (Phi) is 4.18. The third kappa shape index (κ3) is 2.95. The van der Waals surface area contributed by atoms with Gasteiger partial charge in [0, 0.05) is 18.5 Å². The third-order valence-corrected chi connectivity index (χ3v) is 3.92. The van der Waals surface area contributed by atoms with Crippen LogP contribution >= 0.6 is 22.9 Å². The number of hydrogen-bond acceptors (Lipinski definition) is 3. The lowest BCUT2D eigenvalue weighted by Crippen LogP contribution is -2.36. The highest BCUT2D eigenvalue weighted by Crippen LogP contribution is 2.15. The molecule has 2 rings (SSSR count). The minimum Gasteiger partial charge on any atom is -0.342 e. The highest BCUT2D eigenvalue weighted by Gasteiger charge is 2.17. The van der Waals surface area contributed by atoms with Crippen LogP contribution in [0.3, 0.4) is 0 Å². The van der Waals surface area contributed by atoms with E-state index in [1.54, 1.807) is 0 Å². The maximum Gasteiger partial charge on any atom is 0.229 e. The average molecular weight is 259 g/mol. The molecule has 0 radical (unpaired) electrons. The van der Waals surface area contributed by atoms with Gasteiger partial charge in [0.15, 0.2) is 0 Å². The highest BCUT2D eigenvalue weighted by atomic mass is 35.5. The maximum atomic E-state index is 11.9. The minimum atomic E-state index is 0.204. The Morgan fingerprint density at radius 1 is 1.44 bits per heavy atom. The fraction of sp³-hybridized carbons (Fsp3) is 0.636. The number of halogens is 1. The van der Waals surface area contributed by atoms with Crippen LogP contribution in [0, 0.1) is 0 Å². The van der Waals surface area contributed by atoms with Gasteiger partial charge in [-0.25, -0.2) is 4.98 Å². The lowest BCUT2D eigenvalue weighted by atomic mass is 10.1. The molecular formula is C11H15ClN2OS. The zero-order valence-electron chi connectivity index (χ0n) is 9.12. The molecule has 0 aliphatic carbocycles. The van der Waals surface area contributed by atoms with Gasteiger partial charge in [-0.15, -0.1) is 22.9 Å². The second-order valence-corrected chi connectivity index (χ2v) is 5.19. The summed E-state index contributed by atoms with van der Waals surface area (Å²) in [5.41, 5.74) is 0.869. The minimum absolute atomic E-state index is 0.204. The summed E-state index contributed by atoms with van der Waals surface area (Å²) in [6.07, 6.45) is 3.95. The average Bonchev–Trinajstić information content (AvgIpc) is 2.78. The lowest BCUT2D eigenvalue weighted by Gasteiger charge is -2.26. The number of rotatable bonds is 3. The number of amides is 1. The van der Waals surface area contributed by atoms with Crippen LogP contribution in [-0.2, 0) is 17.1 Å². The molecule has 0 saturated carbocycles. The van der Waals surface area contributed by atoms with Crippen molar-refractivity contribution in [1.82, 2.24) is 9.88 Å². The Hall–Kier alpha value is -0.610. The first-order valence-corrected chi connectivity index (χ1v) is 6.98. The molecule has 1 saturated heterocycles. The molecule has 0 bridgehead atoms. The van der Waals surface area contributed by atoms with Crippen LogP contribution in [0.4, 0.5) is 0 Å². The van der Waals surface area contributed by atoms with Crippen molar-refractivity contribution in [2.45, 2.75) is 31.6 Å². The van der Waals surface area contributed by atoms with Crippen molar-refractivity contribution in [1.29, 1.82) is 0 Å². The topological polar surface area (TPSA) is 33.2 Å². The number of piperidine rings is 1. The SMILES string of the molecule is O=C(Cc1nc(CCl)cs1)N1CCCCC1. The summed E-state index contributed by atoms with van der Waals surface area (Å²) in [6, 6.07) is 0. The van der Waals surface area contributed by atoms with Crippen molar-refractivity contribution in [3.63, 3.8) is 0 Å². The van der Waals surface area contributed by atoms with Crippen molar-refractivity contribution >= 4 is 28.8 Å². The van der Waals surface area contributed by atoms with E-state index in [0.29, 0.717) is 12.3 Å². The predicted molar refractivity (Wildman–Crippen MR) is 65.8 cm³/mol. The second kappa shape index (κ2) is 5.64. The summed E-state index contributed by atoms with van der Waals surface area (Å²) in [5, 5.41) is 2.80. The second-order valence-electron chi connectivity index (χ2n) is 3.98. The van der Waals surface area contributed by atoms with Crippen LogP contribution in [0.15, 0.2) is 5.38 Å². The van der Waals surface area contributed by atoms with Gasteiger partial charge < -0.3 is 4.90 Å². The molecule has 16 heavy (non-hydrogen) atoms. The number of carbonyl (C=O) groups is 1. The molecule has 0 unspecified atom stereocenters. The van der Waals surface area contributed by atoms with Crippen LogP contribution in [0.2, 0.25) is 0 Å². The van der Waals surface area contributed by atoms with Gasteiger partial charge in [0.25, 0.3) is 0 Å². The first-order chi connectivity index (χ1) is 7.79. The molecule has 0 N–H and O–H groups in total. The molecule has 1 aliphatic rings. The molecule has 0 atom stereocenters. The summed E-state index contributed by atoms with van der Waals surface area (Å²) in [7, 11) is 0. The Morgan fingerprint density at radius 2 is 2.19 bits per heavy atom. The molecule has 1 aliphatic heterocycles. The van der Waals surface area contributed by atoms with Gasteiger partial charge in [-0.1, -0.05) is 0 Å². The summed E-state index contributed by atoms with van der Waals surface area (Å²) in [6.45, 7) is 1.82. The Balaban J connectivity index is 1.90.